The van der Waals surface area contributed by atoms with Crippen LogP contribution in [-0.4, -0.2) is 40.4 Å². The molecule has 0 radical (unpaired) electrons. The Morgan fingerprint density at radius 3 is 3.00 bits per heavy atom. The van der Waals surface area contributed by atoms with Crippen LogP contribution in [0.25, 0.3) is 0 Å². The molecule has 0 aliphatic rings. The highest BCUT2D eigenvalue weighted by Crippen LogP contribution is 2.02. The third-order valence-corrected chi connectivity index (χ3v) is 3.56. The Bertz CT molecular complexity index is 663. The first-order valence-electron chi connectivity index (χ1n) is 8.28. The van der Waals surface area contributed by atoms with Gasteiger partial charge in [-0.3, -0.25) is 0 Å². The van der Waals surface area contributed by atoms with Crippen molar-refractivity contribution in [1.82, 2.24) is 25.4 Å². The molecule has 0 unspecified atom stereocenters. The number of hydrogen-bond acceptors (Lipinski definition) is 5. The fourth-order valence-electron chi connectivity index (χ4n) is 2.03. The summed E-state index contributed by atoms with van der Waals surface area (Å²) < 4.78 is 12.7. The van der Waals surface area contributed by atoms with Crippen molar-refractivity contribution in [3.05, 3.63) is 48.5 Å². The second-order valence-corrected chi connectivity index (χ2v) is 5.47. The molecule has 2 aromatic heterocycles. The van der Waals surface area contributed by atoms with Gasteiger partial charge in [0.05, 0.1) is 6.26 Å². The van der Waals surface area contributed by atoms with Gasteiger partial charge in [0.15, 0.2) is 11.8 Å². The molecule has 0 amide bonds. The lowest BCUT2D eigenvalue weighted by Gasteiger charge is -2.11. The summed E-state index contributed by atoms with van der Waals surface area (Å²) in [4.78, 5) is 4.53. The molecule has 8 heteroatoms. The largest absolute Gasteiger partial charge is 0.467 e. The first kappa shape index (κ1) is 18.7. The molecule has 8 nitrogen and oxygen atoms in total. The number of rotatable bonds is 10. The van der Waals surface area contributed by atoms with E-state index in [0.29, 0.717) is 32.3 Å². The van der Waals surface area contributed by atoms with Crippen LogP contribution in [0.1, 0.15) is 23.8 Å². The minimum absolute atomic E-state index is 0.457. The maximum Gasteiger partial charge on any atom is 0.191 e. The van der Waals surface area contributed by atoms with Crippen LogP contribution in [0.4, 0.5) is 0 Å². The number of nitrogens with one attached hydrogen (secondary N) is 2. The molecule has 25 heavy (non-hydrogen) atoms. The highest BCUT2D eigenvalue weighted by atomic mass is 16.5. The normalized spacial score (nSPS) is 11.5. The van der Waals surface area contributed by atoms with Gasteiger partial charge in [0, 0.05) is 26.7 Å². The summed E-state index contributed by atoms with van der Waals surface area (Å²) in [6.45, 7) is 8.61. The molecule has 0 saturated heterocycles. The van der Waals surface area contributed by atoms with E-state index < -0.39 is 0 Å². The van der Waals surface area contributed by atoms with E-state index in [1.54, 1.807) is 12.3 Å². The van der Waals surface area contributed by atoms with Crippen LogP contribution in [0, 0.1) is 6.92 Å². The Labute approximate surface area is 148 Å². The summed E-state index contributed by atoms with van der Waals surface area (Å²) in [5, 5.41) is 14.6. The molecule has 2 aromatic rings. The van der Waals surface area contributed by atoms with Crippen molar-refractivity contribution in [2.75, 3.05) is 19.7 Å². The number of ether oxygens (including phenoxy) is 1. The lowest BCUT2D eigenvalue weighted by molar-refractivity contribution is 0.105. The van der Waals surface area contributed by atoms with Crippen LogP contribution in [0.15, 0.2) is 40.5 Å². The third kappa shape index (κ3) is 6.42. The zero-order valence-electron chi connectivity index (χ0n) is 14.9. The molecule has 2 rings (SSSR count). The Morgan fingerprint density at radius 1 is 1.44 bits per heavy atom. The lowest BCUT2D eigenvalue weighted by Crippen LogP contribution is -2.38. The Hall–Kier alpha value is -2.61. The van der Waals surface area contributed by atoms with E-state index in [1.165, 1.54) is 0 Å². The minimum Gasteiger partial charge on any atom is -0.467 e. The molecule has 2 N–H and O–H groups in total. The molecule has 0 aliphatic carbocycles. The van der Waals surface area contributed by atoms with E-state index >= 15 is 0 Å². The van der Waals surface area contributed by atoms with Gasteiger partial charge >= 0.3 is 0 Å². The highest BCUT2D eigenvalue weighted by Gasteiger charge is 2.04. The fourth-order valence-corrected chi connectivity index (χ4v) is 2.03. The van der Waals surface area contributed by atoms with Gasteiger partial charge in [-0.05, 0) is 25.5 Å². The fraction of sp³-hybridized carbons (Fsp3) is 0.471. The number of aryl methyl sites for hydroxylation is 1. The van der Waals surface area contributed by atoms with E-state index in [-0.39, 0.29) is 0 Å². The maximum atomic E-state index is 5.56. The second-order valence-electron chi connectivity index (χ2n) is 5.47. The molecule has 0 spiro atoms. The van der Waals surface area contributed by atoms with E-state index in [4.69, 9.17) is 9.15 Å². The van der Waals surface area contributed by atoms with Crippen molar-refractivity contribution in [2.45, 2.75) is 26.5 Å². The van der Waals surface area contributed by atoms with Gasteiger partial charge in [-0.1, -0.05) is 6.08 Å². The van der Waals surface area contributed by atoms with Crippen LogP contribution < -0.4 is 10.6 Å². The van der Waals surface area contributed by atoms with Crippen LogP contribution in [0.3, 0.4) is 0 Å². The van der Waals surface area contributed by atoms with Crippen molar-refractivity contribution >= 4 is 5.96 Å². The van der Waals surface area contributed by atoms with Crippen molar-refractivity contribution in [1.29, 1.82) is 0 Å². The van der Waals surface area contributed by atoms with E-state index in [1.807, 2.05) is 30.7 Å². The Morgan fingerprint density at radius 2 is 2.32 bits per heavy atom. The van der Waals surface area contributed by atoms with Gasteiger partial charge in [-0.15, -0.1) is 16.8 Å². The smallest absolute Gasteiger partial charge is 0.191 e. The van der Waals surface area contributed by atoms with Crippen molar-refractivity contribution in [3.8, 4) is 0 Å². The Kier molecular flexibility index (Phi) is 7.71. The molecule has 0 aromatic carbocycles. The molecular weight excluding hydrogens is 320 g/mol. The van der Waals surface area contributed by atoms with Gasteiger partial charge in [0.25, 0.3) is 0 Å². The predicted molar refractivity (Wildman–Crippen MR) is 96.1 cm³/mol. The zero-order valence-corrected chi connectivity index (χ0v) is 14.9. The molecule has 0 fully saturated rings. The minimum atomic E-state index is 0.457. The van der Waals surface area contributed by atoms with Crippen LogP contribution >= 0.6 is 0 Å². The average Bonchev–Trinajstić information content (AvgIpc) is 3.24. The molecule has 136 valence electrons. The third-order valence-electron chi connectivity index (χ3n) is 3.56. The molecule has 0 aliphatic heterocycles. The van der Waals surface area contributed by atoms with Crippen LogP contribution in [0.5, 0.6) is 0 Å². The summed E-state index contributed by atoms with van der Waals surface area (Å²) in [7, 11) is 1.93. The van der Waals surface area contributed by atoms with Crippen molar-refractivity contribution in [2.24, 2.45) is 12.0 Å². The molecule has 0 atom stereocenters. The zero-order chi connectivity index (χ0) is 17.9. The predicted octanol–water partition coefficient (Wildman–Crippen LogP) is 1.54. The second kappa shape index (κ2) is 10.3. The highest BCUT2D eigenvalue weighted by molar-refractivity contribution is 5.79. The summed E-state index contributed by atoms with van der Waals surface area (Å²) in [5.74, 6) is 3.24. The monoisotopic (exact) mass is 346 g/mol. The van der Waals surface area contributed by atoms with E-state index in [9.17, 15) is 0 Å². The molecule has 0 bridgehead atoms. The lowest BCUT2D eigenvalue weighted by atomic mass is 10.4. The Balaban J connectivity index is 1.72. The van der Waals surface area contributed by atoms with Gasteiger partial charge in [0.2, 0.25) is 0 Å². The number of furan rings is 1. The number of aromatic nitrogens is 3. The summed E-state index contributed by atoms with van der Waals surface area (Å²) in [6.07, 6.45) is 4.29. The molecular formula is C17H26N6O2. The van der Waals surface area contributed by atoms with Gasteiger partial charge in [0.1, 0.15) is 24.7 Å². The summed E-state index contributed by atoms with van der Waals surface area (Å²) in [5.41, 5.74) is 0. The SMILES string of the molecule is C=CCNC(=NCc1nnc(C)n1C)NCCCOCc1ccco1. The quantitative estimate of drug-likeness (QED) is 0.294. The van der Waals surface area contributed by atoms with Crippen LogP contribution in [0.2, 0.25) is 0 Å². The van der Waals surface area contributed by atoms with E-state index in [0.717, 1.165) is 30.4 Å². The number of guanidine groups is 1. The molecule has 2 heterocycles. The summed E-state index contributed by atoms with van der Waals surface area (Å²) >= 11 is 0. The number of nitrogens with zero attached hydrogens (tertiary/aromatic N) is 4. The standard InChI is InChI=1S/C17H26N6O2/c1-4-8-18-17(20-12-16-22-21-14(2)23(16)3)19-9-6-10-24-13-15-7-5-11-25-15/h4-5,7,11H,1,6,8-10,12-13H2,2-3H3,(H2,18,19,20). The van der Waals surface area contributed by atoms with Crippen LogP contribution in [-0.2, 0) is 24.9 Å². The average molecular weight is 346 g/mol. The number of aliphatic imine (C=N–C) groups is 1. The van der Waals surface area contributed by atoms with Gasteiger partial charge in [-0.25, -0.2) is 4.99 Å². The topological polar surface area (TPSA) is 89.5 Å². The maximum absolute atomic E-state index is 5.56. The van der Waals surface area contributed by atoms with Crippen molar-refractivity contribution < 1.29 is 9.15 Å². The van der Waals surface area contributed by atoms with Crippen molar-refractivity contribution in [3.63, 3.8) is 0 Å². The van der Waals surface area contributed by atoms with E-state index in [2.05, 4.69) is 32.4 Å². The first-order chi connectivity index (χ1) is 12.2. The summed E-state index contributed by atoms with van der Waals surface area (Å²) in [6, 6.07) is 3.75. The van der Waals surface area contributed by atoms with Gasteiger partial charge in [-0.2, -0.15) is 0 Å². The number of hydrogen-bond donors (Lipinski definition) is 2. The molecule has 0 saturated carbocycles. The van der Waals surface area contributed by atoms with Gasteiger partial charge < -0.3 is 24.4 Å². The first-order valence-corrected chi connectivity index (χ1v) is 8.28.